The van der Waals surface area contributed by atoms with Crippen LogP contribution < -0.4 is 5.32 Å². The molecule has 0 atom stereocenters. The van der Waals surface area contributed by atoms with Gasteiger partial charge in [0.25, 0.3) is 5.91 Å². The summed E-state index contributed by atoms with van der Waals surface area (Å²) in [6.45, 7) is 0. The summed E-state index contributed by atoms with van der Waals surface area (Å²) < 4.78 is 0. The van der Waals surface area contributed by atoms with Crippen molar-refractivity contribution in [3.63, 3.8) is 0 Å². The molecule has 0 radical (unpaired) electrons. The minimum Gasteiger partial charge on any atom is -0.361 e. The lowest BCUT2D eigenvalue weighted by molar-refractivity contribution is 0.102. The number of anilines is 1. The molecule has 0 spiro atoms. The Balaban J connectivity index is 1.86. The summed E-state index contributed by atoms with van der Waals surface area (Å²) in [5.74, 6) is -0.155. The average Bonchev–Trinajstić information content (AvgIpc) is 2.87. The highest BCUT2D eigenvalue weighted by Gasteiger charge is 2.06. The number of nitrogens with zero attached hydrogens (tertiary/aromatic N) is 1. The van der Waals surface area contributed by atoms with Crippen molar-refractivity contribution in [3.05, 3.63) is 60.6 Å². The lowest BCUT2D eigenvalue weighted by Gasteiger charge is -2.04. The predicted octanol–water partition coefficient (Wildman–Crippen LogP) is 2.82. The van der Waals surface area contributed by atoms with Gasteiger partial charge in [0.05, 0.1) is 5.56 Å². The Morgan fingerprint density at radius 1 is 1.22 bits per heavy atom. The molecule has 2 aromatic heterocycles. The number of fused-ring (bicyclic) bond motifs is 1. The van der Waals surface area contributed by atoms with E-state index in [0.717, 1.165) is 16.6 Å². The van der Waals surface area contributed by atoms with Crippen LogP contribution in [0.5, 0.6) is 0 Å². The SMILES string of the molecule is O=C(Nc1ccc2[nH]ccc2c1)c1cccnc1. The van der Waals surface area contributed by atoms with E-state index < -0.39 is 0 Å². The molecule has 3 aromatic rings. The van der Waals surface area contributed by atoms with Crippen molar-refractivity contribution in [2.45, 2.75) is 0 Å². The molecule has 0 bridgehead atoms. The molecule has 2 N–H and O–H groups in total. The number of aromatic nitrogens is 2. The van der Waals surface area contributed by atoms with Gasteiger partial charge >= 0.3 is 0 Å². The van der Waals surface area contributed by atoms with Gasteiger partial charge in [-0.25, -0.2) is 0 Å². The van der Waals surface area contributed by atoms with Gasteiger partial charge in [-0.05, 0) is 36.4 Å². The predicted molar refractivity (Wildman–Crippen MR) is 70.5 cm³/mol. The van der Waals surface area contributed by atoms with Crippen LogP contribution in [-0.2, 0) is 0 Å². The summed E-state index contributed by atoms with van der Waals surface area (Å²) in [4.78, 5) is 19.0. The summed E-state index contributed by atoms with van der Waals surface area (Å²) in [5.41, 5.74) is 2.37. The van der Waals surface area contributed by atoms with Crippen molar-refractivity contribution < 1.29 is 4.79 Å². The summed E-state index contributed by atoms with van der Waals surface area (Å²) in [7, 11) is 0. The van der Waals surface area contributed by atoms with E-state index in [1.807, 2.05) is 30.5 Å². The highest BCUT2D eigenvalue weighted by molar-refractivity contribution is 6.04. The van der Waals surface area contributed by atoms with Crippen molar-refractivity contribution >= 4 is 22.5 Å². The monoisotopic (exact) mass is 237 g/mol. The Labute approximate surface area is 104 Å². The molecule has 4 heteroatoms. The molecule has 4 nitrogen and oxygen atoms in total. The minimum atomic E-state index is -0.155. The summed E-state index contributed by atoms with van der Waals surface area (Å²) >= 11 is 0. The molecule has 0 aliphatic heterocycles. The Bertz CT molecular complexity index is 688. The van der Waals surface area contributed by atoms with Crippen LogP contribution in [0.15, 0.2) is 55.0 Å². The van der Waals surface area contributed by atoms with Gasteiger partial charge in [-0.1, -0.05) is 0 Å². The zero-order valence-electron chi connectivity index (χ0n) is 9.55. The molecule has 2 heterocycles. The number of carbonyl (C=O) groups is 1. The van der Waals surface area contributed by atoms with Crippen LogP contribution in [0, 0.1) is 0 Å². The number of nitrogens with one attached hydrogen (secondary N) is 2. The van der Waals surface area contributed by atoms with E-state index >= 15 is 0 Å². The first-order valence-electron chi connectivity index (χ1n) is 5.61. The topological polar surface area (TPSA) is 57.8 Å². The van der Waals surface area contributed by atoms with Gasteiger partial charge in [-0.3, -0.25) is 9.78 Å². The highest BCUT2D eigenvalue weighted by atomic mass is 16.1. The zero-order chi connectivity index (χ0) is 12.4. The van der Waals surface area contributed by atoms with Crippen LogP contribution in [0.2, 0.25) is 0 Å². The second-order valence-corrected chi connectivity index (χ2v) is 3.98. The van der Waals surface area contributed by atoms with E-state index in [2.05, 4.69) is 15.3 Å². The number of hydrogen-bond acceptors (Lipinski definition) is 2. The first kappa shape index (κ1) is 10.5. The maximum absolute atomic E-state index is 11.9. The van der Waals surface area contributed by atoms with Gasteiger partial charge in [0.15, 0.2) is 0 Å². The quantitative estimate of drug-likeness (QED) is 0.720. The molecule has 88 valence electrons. The van der Waals surface area contributed by atoms with Crippen molar-refractivity contribution in [2.75, 3.05) is 5.32 Å². The average molecular weight is 237 g/mol. The molecule has 0 fully saturated rings. The number of amides is 1. The Morgan fingerprint density at radius 2 is 2.17 bits per heavy atom. The zero-order valence-corrected chi connectivity index (χ0v) is 9.55. The molecule has 0 saturated heterocycles. The molecule has 0 unspecified atom stereocenters. The van der Waals surface area contributed by atoms with Crippen molar-refractivity contribution in [3.8, 4) is 0 Å². The Hall–Kier alpha value is -2.62. The van der Waals surface area contributed by atoms with Crippen LogP contribution in [0.4, 0.5) is 5.69 Å². The van der Waals surface area contributed by atoms with E-state index in [1.54, 1.807) is 24.5 Å². The highest BCUT2D eigenvalue weighted by Crippen LogP contribution is 2.18. The first-order valence-corrected chi connectivity index (χ1v) is 5.61. The second-order valence-electron chi connectivity index (χ2n) is 3.98. The molecule has 1 aromatic carbocycles. The number of benzene rings is 1. The van der Waals surface area contributed by atoms with Gasteiger partial charge in [-0.2, -0.15) is 0 Å². The van der Waals surface area contributed by atoms with E-state index in [1.165, 1.54) is 0 Å². The van der Waals surface area contributed by atoms with E-state index in [-0.39, 0.29) is 5.91 Å². The van der Waals surface area contributed by atoms with E-state index in [9.17, 15) is 4.79 Å². The fourth-order valence-corrected chi connectivity index (χ4v) is 1.83. The van der Waals surface area contributed by atoms with Gasteiger partial charge in [0, 0.05) is 35.2 Å². The third kappa shape index (κ3) is 1.96. The second kappa shape index (κ2) is 4.33. The van der Waals surface area contributed by atoms with Crippen molar-refractivity contribution in [1.29, 1.82) is 0 Å². The lowest BCUT2D eigenvalue weighted by Crippen LogP contribution is -2.11. The summed E-state index contributed by atoms with van der Waals surface area (Å²) in [6.07, 6.45) is 5.06. The van der Waals surface area contributed by atoms with Gasteiger partial charge in [0.1, 0.15) is 0 Å². The third-order valence-corrected chi connectivity index (χ3v) is 2.73. The standard InChI is InChI=1S/C14H11N3O/c18-14(11-2-1-6-15-9-11)17-12-3-4-13-10(8-12)5-7-16-13/h1-9,16H,(H,17,18). The van der Waals surface area contributed by atoms with Crippen molar-refractivity contribution in [1.82, 2.24) is 9.97 Å². The molecule has 0 aliphatic carbocycles. The fourth-order valence-electron chi connectivity index (χ4n) is 1.83. The van der Waals surface area contributed by atoms with Crippen LogP contribution in [0.3, 0.4) is 0 Å². The number of carbonyl (C=O) groups excluding carboxylic acids is 1. The maximum Gasteiger partial charge on any atom is 0.257 e. The summed E-state index contributed by atoms with van der Waals surface area (Å²) in [6, 6.07) is 11.2. The number of hydrogen-bond donors (Lipinski definition) is 2. The summed E-state index contributed by atoms with van der Waals surface area (Å²) in [5, 5.41) is 3.92. The molecule has 0 saturated carbocycles. The first-order chi connectivity index (χ1) is 8.83. The lowest BCUT2D eigenvalue weighted by atomic mass is 10.2. The molecular weight excluding hydrogens is 226 g/mol. The Kier molecular flexibility index (Phi) is 2.53. The molecule has 1 amide bonds. The van der Waals surface area contributed by atoms with E-state index in [4.69, 9.17) is 0 Å². The molecule has 18 heavy (non-hydrogen) atoms. The fraction of sp³-hybridized carbons (Fsp3) is 0. The van der Waals surface area contributed by atoms with Crippen LogP contribution in [0.1, 0.15) is 10.4 Å². The largest absolute Gasteiger partial charge is 0.361 e. The van der Waals surface area contributed by atoms with Crippen LogP contribution in [-0.4, -0.2) is 15.9 Å². The number of H-pyrrole nitrogens is 1. The molecular formula is C14H11N3O. The van der Waals surface area contributed by atoms with Gasteiger partial charge in [0.2, 0.25) is 0 Å². The van der Waals surface area contributed by atoms with Crippen LogP contribution in [0.25, 0.3) is 10.9 Å². The van der Waals surface area contributed by atoms with E-state index in [0.29, 0.717) is 5.56 Å². The maximum atomic E-state index is 11.9. The van der Waals surface area contributed by atoms with Gasteiger partial charge < -0.3 is 10.3 Å². The normalized spacial score (nSPS) is 10.4. The van der Waals surface area contributed by atoms with Crippen molar-refractivity contribution in [2.24, 2.45) is 0 Å². The van der Waals surface area contributed by atoms with Crippen LogP contribution >= 0.6 is 0 Å². The third-order valence-electron chi connectivity index (χ3n) is 2.73. The van der Waals surface area contributed by atoms with Gasteiger partial charge in [-0.15, -0.1) is 0 Å². The number of aromatic amines is 1. The molecule has 3 rings (SSSR count). The molecule has 0 aliphatic rings. The number of pyridine rings is 1. The Morgan fingerprint density at radius 3 is 3.00 bits per heavy atom. The number of rotatable bonds is 2. The minimum absolute atomic E-state index is 0.155. The smallest absolute Gasteiger partial charge is 0.257 e.